The van der Waals surface area contributed by atoms with Crippen molar-refractivity contribution in [2.24, 2.45) is 50.2 Å². The van der Waals surface area contributed by atoms with Crippen LogP contribution in [0.2, 0.25) is 0 Å². The normalized spacial score (nSPS) is 46.1. The van der Waals surface area contributed by atoms with Gasteiger partial charge >= 0.3 is 17.9 Å². The number of aliphatic hydroxyl groups excluding tert-OH is 6. The molecule has 16 nitrogen and oxygen atoms in total. The molecule has 4 saturated carbocycles. The predicted molar refractivity (Wildman–Crippen MR) is 234 cm³/mol. The number of ether oxygens (including phenoxy) is 5. The second kappa shape index (κ2) is 17.2. The summed E-state index contributed by atoms with van der Waals surface area (Å²) in [4.78, 5) is 40.0. The first kappa shape index (κ1) is 49.0. The molecule has 16 heteroatoms. The number of esters is 2. The summed E-state index contributed by atoms with van der Waals surface area (Å²) in [5.41, 5.74) is -1.39. The van der Waals surface area contributed by atoms with Crippen LogP contribution in [0.5, 0.6) is 5.75 Å². The van der Waals surface area contributed by atoms with Crippen LogP contribution in [0.3, 0.4) is 0 Å². The second-order valence-electron chi connectivity index (χ2n) is 22.7. The predicted octanol–water partition coefficient (Wildman–Crippen LogP) is 3.99. The molecule has 2 aliphatic heterocycles. The summed E-state index contributed by atoms with van der Waals surface area (Å²) in [7, 11) is 0. The summed E-state index contributed by atoms with van der Waals surface area (Å²) in [6, 6.07) is 6.10. The zero-order chi connectivity index (χ0) is 48.1. The Balaban J connectivity index is 1.05. The van der Waals surface area contributed by atoms with Crippen LogP contribution in [0.1, 0.15) is 112 Å². The Kier molecular flexibility index (Phi) is 12.8. The van der Waals surface area contributed by atoms with Gasteiger partial charge in [0.2, 0.25) is 6.29 Å². The highest BCUT2D eigenvalue weighted by molar-refractivity contribution is 5.87. The molecule has 1 aromatic rings. The van der Waals surface area contributed by atoms with Gasteiger partial charge < -0.3 is 64.5 Å². The first-order valence-electron chi connectivity index (χ1n) is 23.6. The molecule has 18 atom stereocenters. The SMILES string of the molecule is CC1(C)CC[C@]2(C(=O)O[C@H]3OC[C@@H](O)[C@H](O)[C@H]3OC(=O)/C=C/c3ccc(O)cc3)[C@H](O)C[C@]3(C)C(=CC[C@@H]4[C@@]5(C)CC[C@H](O[C@H]6O[C@H](C(=O)O)[C@@H](O)[C@H](O)[C@H]6O)C(C)(C)[C@@H]5CC[C@]43C)[C@@H]2C1. The van der Waals surface area contributed by atoms with E-state index in [2.05, 4.69) is 54.5 Å². The number of carbonyl (C=O) groups excluding carboxylic acids is 2. The molecule has 366 valence electrons. The minimum atomic E-state index is -1.82. The monoisotopic (exact) mass is 926 g/mol. The number of fused-ring (bicyclic) bond motifs is 7. The van der Waals surface area contributed by atoms with Gasteiger partial charge in [-0.15, -0.1) is 0 Å². The Morgan fingerprint density at radius 1 is 0.773 bits per heavy atom. The minimum Gasteiger partial charge on any atom is -0.508 e. The van der Waals surface area contributed by atoms with E-state index >= 15 is 4.79 Å². The molecule has 2 saturated heterocycles. The number of allylic oxidation sites excluding steroid dienone is 2. The van der Waals surface area contributed by atoms with Crippen LogP contribution in [0.4, 0.5) is 0 Å². The number of phenolic OH excluding ortho intramolecular Hbond substituents is 1. The average molecular weight is 927 g/mol. The lowest BCUT2D eigenvalue weighted by Crippen LogP contribution is -2.68. The largest absolute Gasteiger partial charge is 0.508 e. The fourth-order valence-corrected chi connectivity index (χ4v) is 14.4. The van der Waals surface area contributed by atoms with E-state index in [-0.39, 0.29) is 46.9 Å². The number of rotatable bonds is 8. The standard InChI is InChI=1S/C50H70O16/c1-45(2)20-21-50(44(61)66-43-40(35(55)29(52)24-62-43)64-34(54)15-10-25-8-11-26(51)12-9-25)28(22-45)27-13-14-31-47(5)18-17-33(63-42-38(58)36(56)37(57)39(65-42)41(59)60)46(3,4)30(47)16-19-48(31,6)49(27,7)23-32(50)53/h8-13,15,28-33,35-40,42-43,51-53,55-58H,14,16-24H2,1-7H3,(H,59,60)/b15-10+/t28-,29+,30-,31+,32+,33-,35-,36-,37-,38+,39-,40+,42-,43+,47-,48+,49+,50+/m0/s1. The zero-order valence-electron chi connectivity index (χ0n) is 39.0. The molecule has 66 heavy (non-hydrogen) atoms. The Morgan fingerprint density at radius 2 is 1.47 bits per heavy atom. The maximum Gasteiger partial charge on any atom is 0.335 e. The Hall–Kier alpha value is -3.45. The van der Waals surface area contributed by atoms with Gasteiger partial charge in [-0.1, -0.05) is 72.2 Å². The molecule has 0 aromatic heterocycles. The third kappa shape index (κ3) is 7.83. The number of benzene rings is 1. The maximum absolute atomic E-state index is 15.0. The summed E-state index contributed by atoms with van der Waals surface area (Å²) in [6.07, 6.45) is -5.86. The van der Waals surface area contributed by atoms with E-state index in [9.17, 15) is 50.4 Å². The number of carboxylic acid groups (broad SMARTS) is 1. The number of phenols is 1. The third-order valence-corrected chi connectivity index (χ3v) is 18.3. The quantitative estimate of drug-likeness (QED) is 0.0794. The van der Waals surface area contributed by atoms with E-state index in [0.29, 0.717) is 31.2 Å². The Morgan fingerprint density at radius 3 is 2.15 bits per heavy atom. The summed E-state index contributed by atoms with van der Waals surface area (Å²) in [5, 5.41) is 85.3. The Labute approximate surface area is 385 Å². The molecule has 1 aromatic carbocycles. The van der Waals surface area contributed by atoms with Crippen molar-refractivity contribution in [3.05, 3.63) is 47.6 Å². The van der Waals surface area contributed by atoms with Gasteiger partial charge in [-0.25, -0.2) is 9.59 Å². The van der Waals surface area contributed by atoms with Crippen LogP contribution in [-0.4, -0.2) is 133 Å². The van der Waals surface area contributed by atoms with Crippen LogP contribution >= 0.6 is 0 Å². The zero-order valence-corrected chi connectivity index (χ0v) is 39.0. The molecule has 8 rings (SSSR count). The smallest absolute Gasteiger partial charge is 0.335 e. The fraction of sp³-hybridized carbons (Fsp3) is 0.740. The molecule has 0 bridgehead atoms. The van der Waals surface area contributed by atoms with Crippen molar-refractivity contribution in [1.29, 1.82) is 0 Å². The fourth-order valence-electron chi connectivity index (χ4n) is 14.4. The van der Waals surface area contributed by atoms with Gasteiger partial charge in [-0.2, -0.15) is 0 Å². The van der Waals surface area contributed by atoms with E-state index in [4.69, 9.17) is 23.7 Å². The average Bonchev–Trinajstić information content (AvgIpc) is 3.24. The van der Waals surface area contributed by atoms with Crippen molar-refractivity contribution >= 4 is 24.0 Å². The lowest BCUT2D eigenvalue weighted by atomic mass is 9.33. The number of aromatic hydroxyl groups is 1. The van der Waals surface area contributed by atoms with E-state index in [1.54, 1.807) is 12.1 Å². The Bertz CT molecular complexity index is 2080. The van der Waals surface area contributed by atoms with E-state index in [1.807, 2.05) is 0 Å². The van der Waals surface area contributed by atoms with Gasteiger partial charge in [0, 0.05) is 6.08 Å². The molecule has 5 aliphatic carbocycles. The lowest BCUT2D eigenvalue weighted by Gasteiger charge is -2.71. The molecule has 0 unspecified atom stereocenters. The first-order chi connectivity index (χ1) is 30.8. The highest BCUT2D eigenvalue weighted by atomic mass is 16.7. The van der Waals surface area contributed by atoms with Crippen molar-refractivity contribution in [3.8, 4) is 5.75 Å². The van der Waals surface area contributed by atoms with E-state index in [0.717, 1.165) is 37.3 Å². The molecule has 0 spiro atoms. The number of carboxylic acids is 1. The van der Waals surface area contributed by atoms with Crippen LogP contribution in [-0.2, 0) is 38.1 Å². The van der Waals surface area contributed by atoms with Crippen LogP contribution < -0.4 is 0 Å². The van der Waals surface area contributed by atoms with Crippen molar-refractivity contribution in [2.45, 2.75) is 174 Å². The maximum atomic E-state index is 15.0. The van der Waals surface area contributed by atoms with Gasteiger partial charge in [0.1, 0.15) is 41.7 Å². The van der Waals surface area contributed by atoms with Crippen molar-refractivity contribution in [2.75, 3.05) is 6.61 Å². The number of hydrogen-bond acceptors (Lipinski definition) is 15. The summed E-state index contributed by atoms with van der Waals surface area (Å²) in [5.74, 6) is -3.14. The van der Waals surface area contributed by atoms with Gasteiger partial charge in [0.15, 0.2) is 18.5 Å². The van der Waals surface area contributed by atoms with Crippen molar-refractivity contribution in [1.82, 2.24) is 0 Å². The third-order valence-electron chi connectivity index (χ3n) is 18.3. The minimum absolute atomic E-state index is 0.0543. The van der Waals surface area contributed by atoms with Crippen molar-refractivity contribution in [3.63, 3.8) is 0 Å². The molecule has 8 N–H and O–H groups in total. The highest BCUT2D eigenvalue weighted by Gasteiger charge is 2.72. The molecule has 0 radical (unpaired) electrons. The molecular weight excluding hydrogens is 857 g/mol. The van der Waals surface area contributed by atoms with E-state index in [1.165, 1.54) is 18.2 Å². The second-order valence-corrected chi connectivity index (χ2v) is 22.7. The molecule has 0 amide bonds. The summed E-state index contributed by atoms with van der Waals surface area (Å²) < 4.78 is 29.5. The molecule has 7 aliphatic rings. The van der Waals surface area contributed by atoms with Gasteiger partial charge in [-0.05, 0) is 126 Å². The topological polar surface area (TPSA) is 259 Å². The molecule has 2 heterocycles. The number of aliphatic hydroxyl groups is 6. The highest BCUT2D eigenvalue weighted by Crippen LogP contribution is 2.76. The number of aliphatic carboxylic acids is 1. The number of carbonyl (C=O) groups is 3. The van der Waals surface area contributed by atoms with Crippen molar-refractivity contribution < 1.29 is 78.9 Å². The van der Waals surface area contributed by atoms with Crippen LogP contribution in [0, 0.1) is 50.2 Å². The van der Waals surface area contributed by atoms with Gasteiger partial charge in [0.05, 0.1) is 18.8 Å². The lowest BCUT2D eigenvalue weighted by molar-refractivity contribution is -0.324. The summed E-state index contributed by atoms with van der Waals surface area (Å²) >= 11 is 0. The summed E-state index contributed by atoms with van der Waals surface area (Å²) in [6.45, 7) is 15.2. The van der Waals surface area contributed by atoms with Gasteiger partial charge in [-0.3, -0.25) is 4.79 Å². The van der Waals surface area contributed by atoms with E-state index < -0.39 is 108 Å². The molecular formula is C50H70O16. The first-order valence-corrected chi connectivity index (χ1v) is 23.6. The van der Waals surface area contributed by atoms with Crippen LogP contribution in [0.25, 0.3) is 6.08 Å². The number of hydrogen-bond donors (Lipinski definition) is 8. The molecule has 6 fully saturated rings. The van der Waals surface area contributed by atoms with Gasteiger partial charge in [0.25, 0.3) is 0 Å². The van der Waals surface area contributed by atoms with Crippen LogP contribution in [0.15, 0.2) is 42.0 Å².